The second kappa shape index (κ2) is 6.46. The number of nitrogens with zero attached hydrogens (tertiary/aromatic N) is 1. The summed E-state index contributed by atoms with van der Waals surface area (Å²) in [4.78, 5) is 14.9. The van der Waals surface area contributed by atoms with E-state index in [0.717, 1.165) is 0 Å². The number of alkyl halides is 3. The van der Waals surface area contributed by atoms with E-state index < -0.39 is 12.3 Å². The van der Waals surface area contributed by atoms with Crippen LogP contribution in [0.25, 0.3) is 0 Å². The average molecular weight is 311 g/mol. The lowest BCUT2D eigenvalue weighted by molar-refractivity contribution is -0.274. The average Bonchev–Trinajstić information content (AvgIpc) is 2.44. The van der Waals surface area contributed by atoms with Crippen molar-refractivity contribution < 1.29 is 27.8 Å². The number of halogens is 3. The Morgan fingerprint density at radius 2 is 2.00 bits per heavy atom. The van der Waals surface area contributed by atoms with Crippen LogP contribution in [0.2, 0.25) is 0 Å². The highest BCUT2D eigenvalue weighted by atomic mass is 19.4. The molecule has 0 spiro atoms. The predicted molar refractivity (Wildman–Crippen MR) is 71.7 cm³/mol. The van der Waals surface area contributed by atoms with E-state index in [1.807, 2.05) is 0 Å². The van der Waals surface area contributed by atoms with E-state index >= 15 is 0 Å². The standard InChI is InChI=1S/C15H12F3NO3/c16-15(17,18)22-12-3-1-2-10(8-12)4-5-11-9-19-7-6-13(11)14(20)21/h1-3,6-9H,4-5H2,(H,20,21). The molecule has 1 aromatic carbocycles. The summed E-state index contributed by atoms with van der Waals surface area (Å²) in [6, 6.07) is 6.99. The summed E-state index contributed by atoms with van der Waals surface area (Å²) in [6.45, 7) is 0. The molecule has 1 N–H and O–H groups in total. The van der Waals surface area contributed by atoms with Gasteiger partial charge in [0.25, 0.3) is 0 Å². The van der Waals surface area contributed by atoms with E-state index in [4.69, 9.17) is 5.11 Å². The zero-order valence-electron chi connectivity index (χ0n) is 11.3. The molecule has 7 heteroatoms. The fraction of sp³-hybridized carbons (Fsp3) is 0.200. The normalized spacial score (nSPS) is 11.2. The first-order valence-electron chi connectivity index (χ1n) is 6.36. The molecule has 0 aliphatic rings. The molecule has 0 aliphatic carbocycles. The van der Waals surface area contributed by atoms with Crippen molar-refractivity contribution in [2.24, 2.45) is 0 Å². The van der Waals surface area contributed by atoms with Gasteiger partial charge in [-0.1, -0.05) is 12.1 Å². The number of ether oxygens (including phenoxy) is 1. The molecule has 2 aromatic rings. The quantitative estimate of drug-likeness (QED) is 0.918. The lowest BCUT2D eigenvalue weighted by Crippen LogP contribution is -2.17. The summed E-state index contributed by atoms with van der Waals surface area (Å²) in [5.74, 6) is -1.36. The molecule has 0 amide bonds. The summed E-state index contributed by atoms with van der Waals surface area (Å²) in [7, 11) is 0. The van der Waals surface area contributed by atoms with Crippen LogP contribution in [0.1, 0.15) is 21.5 Å². The molecule has 22 heavy (non-hydrogen) atoms. The zero-order valence-corrected chi connectivity index (χ0v) is 11.3. The number of carbonyl (C=O) groups is 1. The Kier molecular flexibility index (Phi) is 4.65. The topological polar surface area (TPSA) is 59.4 Å². The van der Waals surface area contributed by atoms with Crippen molar-refractivity contribution in [3.63, 3.8) is 0 Å². The number of carboxylic acids is 1. The number of hydrogen-bond acceptors (Lipinski definition) is 3. The summed E-state index contributed by atoms with van der Waals surface area (Å²) in [5, 5.41) is 9.06. The number of hydrogen-bond donors (Lipinski definition) is 1. The van der Waals surface area contributed by atoms with Crippen LogP contribution in [-0.4, -0.2) is 22.4 Å². The van der Waals surface area contributed by atoms with E-state index in [-0.39, 0.29) is 11.3 Å². The first-order chi connectivity index (χ1) is 10.3. The van der Waals surface area contributed by atoms with Crippen LogP contribution in [0.15, 0.2) is 42.7 Å². The fourth-order valence-electron chi connectivity index (χ4n) is 2.01. The van der Waals surface area contributed by atoms with Crippen LogP contribution >= 0.6 is 0 Å². The number of pyridine rings is 1. The fourth-order valence-corrected chi connectivity index (χ4v) is 2.01. The van der Waals surface area contributed by atoms with Crippen molar-refractivity contribution in [3.05, 3.63) is 59.4 Å². The Labute approximate surface area is 124 Å². The highest BCUT2D eigenvalue weighted by Gasteiger charge is 2.31. The maximum atomic E-state index is 12.2. The molecular weight excluding hydrogens is 299 g/mol. The third kappa shape index (κ3) is 4.47. The lowest BCUT2D eigenvalue weighted by atomic mass is 10.0. The highest BCUT2D eigenvalue weighted by molar-refractivity contribution is 5.89. The minimum absolute atomic E-state index is 0.137. The molecule has 0 aliphatic heterocycles. The van der Waals surface area contributed by atoms with Crippen molar-refractivity contribution in [2.45, 2.75) is 19.2 Å². The lowest BCUT2D eigenvalue weighted by Gasteiger charge is -2.10. The van der Waals surface area contributed by atoms with Gasteiger partial charge in [-0.25, -0.2) is 4.79 Å². The maximum Gasteiger partial charge on any atom is 0.573 e. The molecule has 1 aromatic heterocycles. The zero-order chi connectivity index (χ0) is 16.2. The van der Waals surface area contributed by atoms with Gasteiger partial charge in [-0.15, -0.1) is 13.2 Å². The smallest absolute Gasteiger partial charge is 0.478 e. The summed E-state index contributed by atoms with van der Waals surface area (Å²) in [5.41, 5.74) is 1.27. The van der Waals surface area contributed by atoms with Gasteiger partial charge in [0.2, 0.25) is 0 Å². The first-order valence-corrected chi connectivity index (χ1v) is 6.36. The number of carboxylic acid groups (broad SMARTS) is 1. The molecule has 4 nitrogen and oxygen atoms in total. The first kappa shape index (κ1) is 15.8. The SMILES string of the molecule is O=C(O)c1ccncc1CCc1cccc(OC(F)(F)F)c1. The molecule has 116 valence electrons. The third-order valence-corrected chi connectivity index (χ3v) is 2.95. The van der Waals surface area contributed by atoms with E-state index in [1.165, 1.54) is 36.7 Å². The monoisotopic (exact) mass is 311 g/mol. The van der Waals surface area contributed by atoms with Crippen LogP contribution in [0.3, 0.4) is 0 Å². The van der Waals surface area contributed by atoms with Crippen LogP contribution in [0.5, 0.6) is 5.75 Å². The maximum absolute atomic E-state index is 12.2. The minimum Gasteiger partial charge on any atom is -0.478 e. The number of rotatable bonds is 5. The third-order valence-electron chi connectivity index (χ3n) is 2.95. The van der Waals surface area contributed by atoms with E-state index in [2.05, 4.69) is 9.72 Å². The van der Waals surface area contributed by atoms with Gasteiger partial charge < -0.3 is 9.84 Å². The molecule has 0 saturated carbocycles. The Hall–Kier alpha value is -2.57. The van der Waals surface area contributed by atoms with Gasteiger partial charge in [-0.05, 0) is 42.2 Å². The summed E-state index contributed by atoms with van der Waals surface area (Å²) in [6.07, 6.45) is -1.19. The largest absolute Gasteiger partial charge is 0.573 e. The molecule has 0 saturated heterocycles. The molecule has 2 rings (SSSR count). The van der Waals surface area contributed by atoms with Crippen LogP contribution < -0.4 is 4.74 Å². The Bertz CT molecular complexity index is 671. The number of benzene rings is 1. The van der Waals surface area contributed by atoms with Crippen molar-refractivity contribution >= 4 is 5.97 Å². The van der Waals surface area contributed by atoms with E-state index in [0.29, 0.717) is 24.0 Å². The van der Waals surface area contributed by atoms with Gasteiger partial charge >= 0.3 is 12.3 Å². The van der Waals surface area contributed by atoms with Crippen molar-refractivity contribution in [2.75, 3.05) is 0 Å². The highest BCUT2D eigenvalue weighted by Crippen LogP contribution is 2.24. The number of aryl methyl sites for hydroxylation is 2. The summed E-state index contributed by atoms with van der Waals surface area (Å²) >= 11 is 0. The molecule has 0 fully saturated rings. The second-order valence-corrected chi connectivity index (χ2v) is 4.53. The molecule has 0 atom stereocenters. The Morgan fingerprint density at radius 3 is 2.68 bits per heavy atom. The van der Waals surface area contributed by atoms with Crippen molar-refractivity contribution in [1.82, 2.24) is 4.98 Å². The van der Waals surface area contributed by atoms with Gasteiger partial charge in [0, 0.05) is 12.4 Å². The Balaban J connectivity index is 2.09. The van der Waals surface area contributed by atoms with Gasteiger partial charge in [-0.3, -0.25) is 4.98 Å². The molecule has 0 unspecified atom stereocenters. The van der Waals surface area contributed by atoms with Gasteiger partial charge in [-0.2, -0.15) is 0 Å². The van der Waals surface area contributed by atoms with Crippen LogP contribution in [0.4, 0.5) is 13.2 Å². The Morgan fingerprint density at radius 1 is 1.23 bits per heavy atom. The van der Waals surface area contributed by atoms with Crippen LogP contribution in [-0.2, 0) is 12.8 Å². The van der Waals surface area contributed by atoms with E-state index in [9.17, 15) is 18.0 Å². The molecular formula is C15H12F3NO3. The van der Waals surface area contributed by atoms with Crippen molar-refractivity contribution in [1.29, 1.82) is 0 Å². The second-order valence-electron chi connectivity index (χ2n) is 4.53. The van der Waals surface area contributed by atoms with Gasteiger partial charge in [0.15, 0.2) is 0 Å². The predicted octanol–water partition coefficient (Wildman–Crippen LogP) is 3.46. The minimum atomic E-state index is -4.74. The molecule has 0 bridgehead atoms. The molecule has 0 radical (unpaired) electrons. The molecule has 1 heterocycles. The van der Waals surface area contributed by atoms with Gasteiger partial charge in [0.1, 0.15) is 5.75 Å². The van der Waals surface area contributed by atoms with E-state index in [1.54, 1.807) is 6.07 Å². The van der Waals surface area contributed by atoms with Gasteiger partial charge in [0.05, 0.1) is 5.56 Å². The van der Waals surface area contributed by atoms with Crippen LogP contribution in [0, 0.1) is 0 Å². The summed E-state index contributed by atoms with van der Waals surface area (Å²) < 4.78 is 40.4. The van der Waals surface area contributed by atoms with Crippen molar-refractivity contribution in [3.8, 4) is 5.75 Å². The number of aromatic carboxylic acids is 1. The number of aromatic nitrogens is 1.